The number of ether oxygens (including phenoxy) is 1. The van der Waals surface area contributed by atoms with Crippen LogP contribution < -0.4 is 0 Å². The van der Waals surface area contributed by atoms with Gasteiger partial charge in [-0.05, 0) is 29.3 Å². The minimum absolute atomic E-state index is 0.00197. The van der Waals surface area contributed by atoms with Gasteiger partial charge in [0.15, 0.2) is 4.75 Å². The number of β-lactam (4-membered cyclic amide) rings is 1. The van der Waals surface area contributed by atoms with E-state index in [1.807, 2.05) is 6.07 Å². The third-order valence-corrected chi connectivity index (χ3v) is 6.35. The quantitative estimate of drug-likeness (QED) is 0.336. The Morgan fingerprint density at radius 3 is 2.74 bits per heavy atom. The van der Waals surface area contributed by atoms with Crippen molar-refractivity contribution in [1.82, 2.24) is 9.88 Å². The van der Waals surface area contributed by atoms with Gasteiger partial charge in [0.25, 0.3) is 5.69 Å². The van der Waals surface area contributed by atoms with Gasteiger partial charge in [0.1, 0.15) is 6.61 Å². The number of non-ortho nitro benzene ring substituents is 1. The van der Waals surface area contributed by atoms with E-state index in [0.29, 0.717) is 17.5 Å². The van der Waals surface area contributed by atoms with Crippen LogP contribution in [0.25, 0.3) is 0 Å². The van der Waals surface area contributed by atoms with Crippen molar-refractivity contribution >= 4 is 29.3 Å². The van der Waals surface area contributed by atoms with Crippen LogP contribution in [0.1, 0.15) is 17.5 Å². The van der Waals surface area contributed by atoms with Crippen LogP contribution >= 0.6 is 11.8 Å². The van der Waals surface area contributed by atoms with Crippen LogP contribution in [0.2, 0.25) is 0 Å². The summed E-state index contributed by atoms with van der Waals surface area (Å²) in [4.78, 5) is 40.9. The number of carbonyl (C=O) groups is 2. The van der Waals surface area contributed by atoms with Crippen molar-refractivity contribution in [2.75, 3.05) is 6.54 Å². The summed E-state index contributed by atoms with van der Waals surface area (Å²) in [6.45, 7) is 0.254. The topological polar surface area (TPSA) is 103 Å². The highest BCUT2D eigenvalue weighted by molar-refractivity contribution is 8.01. The van der Waals surface area contributed by atoms with Crippen LogP contribution in [0.5, 0.6) is 0 Å². The van der Waals surface area contributed by atoms with E-state index in [4.69, 9.17) is 4.74 Å². The van der Waals surface area contributed by atoms with Gasteiger partial charge in [-0.15, -0.1) is 11.8 Å². The number of carbonyl (C=O) groups excluding carboxylic acids is 2. The number of pyridine rings is 1. The highest BCUT2D eigenvalue weighted by atomic mass is 32.2. The molecule has 1 amide bonds. The molecule has 2 aliphatic heterocycles. The first-order valence-electron chi connectivity index (χ1n) is 8.28. The Morgan fingerprint density at radius 2 is 2.15 bits per heavy atom. The zero-order chi connectivity index (χ0) is 19.0. The van der Waals surface area contributed by atoms with E-state index in [-0.39, 0.29) is 30.1 Å². The molecule has 2 aliphatic rings. The monoisotopic (exact) mass is 385 g/mol. The number of fused-ring (bicyclic) bond motifs is 1. The lowest BCUT2D eigenvalue weighted by molar-refractivity contribution is -0.384. The smallest absolute Gasteiger partial charge is 0.329 e. The first-order chi connectivity index (χ1) is 13.0. The van der Waals surface area contributed by atoms with Gasteiger partial charge < -0.3 is 9.64 Å². The van der Waals surface area contributed by atoms with Crippen molar-refractivity contribution in [3.63, 3.8) is 0 Å². The number of nitro groups is 1. The van der Waals surface area contributed by atoms with E-state index in [9.17, 15) is 19.7 Å². The van der Waals surface area contributed by atoms with Gasteiger partial charge >= 0.3 is 5.97 Å². The average molecular weight is 385 g/mol. The normalized spacial score (nSPS) is 23.5. The lowest BCUT2D eigenvalue weighted by Gasteiger charge is -2.32. The summed E-state index contributed by atoms with van der Waals surface area (Å²) in [7, 11) is 0. The molecule has 4 rings (SSSR count). The van der Waals surface area contributed by atoms with Crippen molar-refractivity contribution in [2.24, 2.45) is 0 Å². The second-order valence-electron chi connectivity index (χ2n) is 6.37. The number of benzene rings is 1. The predicted octanol–water partition coefficient (Wildman–Crippen LogP) is 2.23. The maximum atomic E-state index is 13.0. The summed E-state index contributed by atoms with van der Waals surface area (Å²) in [5, 5.41) is 10.7. The molecule has 1 aromatic heterocycles. The van der Waals surface area contributed by atoms with E-state index in [2.05, 4.69) is 4.98 Å². The predicted molar refractivity (Wildman–Crippen MR) is 96.5 cm³/mol. The van der Waals surface area contributed by atoms with Crippen LogP contribution in [-0.2, 0) is 25.7 Å². The molecule has 0 bridgehead atoms. The Balaban J connectivity index is 1.53. The minimum Gasteiger partial charge on any atom is -0.459 e. The fourth-order valence-corrected chi connectivity index (χ4v) is 4.84. The molecule has 0 aliphatic carbocycles. The molecule has 1 aromatic carbocycles. The first kappa shape index (κ1) is 17.5. The van der Waals surface area contributed by atoms with Crippen molar-refractivity contribution in [3.8, 4) is 0 Å². The molecule has 0 saturated carbocycles. The molecular formula is C18H15N3O5S. The van der Waals surface area contributed by atoms with Crippen LogP contribution in [0, 0.1) is 10.1 Å². The lowest BCUT2D eigenvalue weighted by atomic mass is 9.98. The van der Waals surface area contributed by atoms with Crippen LogP contribution in [0.3, 0.4) is 0 Å². The van der Waals surface area contributed by atoms with Gasteiger partial charge in [-0.1, -0.05) is 6.07 Å². The van der Waals surface area contributed by atoms with Gasteiger partial charge in [0.05, 0.1) is 23.3 Å². The molecule has 138 valence electrons. The molecule has 2 aromatic rings. The summed E-state index contributed by atoms with van der Waals surface area (Å²) in [5.74, 6) is -0.414. The Bertz CT molecular complexity index is 905. The maximum absolute atomic E-state index is 13.0. The maximum Gasteiger partial charge on any atom is 0.329 e. The molecule has 8 nitrogen and oxygen atoms in total. The summed E-state index contributed by atoms with van der Waals surface area (Å²) in [5.41, 5.74) is 1.33. The largest absolute Gasteiger partial charge is 0.459 e. The lowest BCUT2D eigenvalue weighted by Crippen LogP contribution is -2.48. The summed E-state index contributed by atoms with van der Waals surface area (Å²) in [6.07, 6.45) is 3.66. The summed E-state index contributed by atoms with van der Waals surface area (Å²) < 4.78 is 4.53. The standard InChI is InChI=1S/C18H15N3O5S/c22-15-8-16-20(15)11-18(27-16,13-2-1-7-19-9-13)17(23)26-10-12-3-5-14(6-4-12)21(24)25/h1-7,9,16H,8,10-11H2/t16-,18?/m1/s1. The molecule has 1 unspecified atom stereocenters. The number of esters is 1. The average Bonchev–Trinajstić information content (AvgIpc) is 3.01. The molecule has 27 heavy (non-hydrogen) atoms. The Labute approximate surface area is 158 Å². The Hall–Kier alpha value is -2.94. The van der Waals surface area contributed by atoms with Gasteiger partial charge in [-0.25, -0.2) is 0 Å². The Morgan fingerprint density at radius 1 is 1.37 bits per heavy atom. The third kappa shape index (κ3) is 3.03. The molecular weight excluding hydrogens is 370 g/mol. The SMILES string of the molecule is O=C1C[C@H]2SC(C(=O)OCc3ccc([N+](=O)[O-])cc3)(c3cccnc3)CN12. The fourth-order valence-electron chi connectivity index (χ4n) is 3.20. The molecule has 0 radical (unpaired) electrons. The molecule has 2 fully saturated rings. The molecule has 2 atom stereocenters. The Kier molecular flexibility index (Phi) is 4.31. The summed E-state index contributed by atoms with van der Waals surface area (Å²) >= 11 is 1.42. The van der Waals surface area contributed by atoms with Gasteiger partial charge in [0, 0.05) is 24.5 Å². The van der Waals surface area contributed by atoms with Crippen molar-refractivity contribution in [1.29, 1.82) is 0 Å². The highest BCUT2D eigenvalue weighted by Gasteiger charge is 2.58. The number of amides is 1. The van der Waals surface area contributed by atoms with Crippen molar-refractivity contribution in [2.45, 2.75) is 23.1 Å². The molecule has 0 spiro atoms. The number of hydrogen-bond acceptors (Lipinski definition) is 7. The number of aromatic nitrogens is 1. The number of thioether (sulfide) groups is 1. The van der Waals surface area contributed by atoms with Gasteiger partial charge in [-0.3, -0.25) is 24.7 Å². The minimum atomic E-state index is -1.01. The van der Waals surface area contributed by atoms with Crippen LogP contribution in [-0.4, -0.2) is 38.6 Å². The molecule has 9 heteroatoms. The number of nitrogens with zero attached hydrogens (tertiary/aromatic N) is 3. The third-order valence-electron chi connectivity index (χ3n) is 4.72. The zero-order valence-corrected chi connectivity index (χ0v) is 14.9. The van der Waals surface area contributed by atoms with E-state index in [1.54, 1.807) is 35.5 Å². The van der Waals surface area contributed by atoms with E-state index in [0.717, 1.165) is 0 Å². The zero-order valence-electron chi connectivity index (χ0n) is 14.1. The highest BCUT2D eigenvalue weighted by Crippen LogP contribution is 2.52. The van der Waals surface area contributed by atoms with E-state index >= 15 is 0 Å². The van der Waals surface area contributed by atoms with E-state index in [1.165, 1.54) is 23.9 Å². The summed E-state index contributed by atoms with van der Waals surface area (Å²) in [6, 6.07) is 9.41. The van der Waals surface area contributed by atoms with Crippen LogP contribution in [0.4, 0.5) is 5.69 Å². The number of rotatable bonds is 5. The molecule has 0 N–H and O–H groups in total. The van der Waals surface area contributed by atoms with Crippen molar-refractivity contribution < 1.29 is 19.2 Å². The van der Waals surface area contributed by atoms with Crippen LogP contribution in [0.15, 0.2) is 48.8 Å². The van der Waals surface area contributed by atoms with E-state index < -0.39 is 15.6 Å². The number of hydrogen-bond donors (Lipinski definition) is 0. The molecule has 2 saturated heterocycles. The number of nitro benzene ring substituents is 1. The second-order valence-corrected chi connectivity index (χ2v) is 7.84. The van der Waals surface area contributed by atoms with Gasteiger partial charge in [-0.2, -0.15) is 0 Å². The van der Waals surface area contributed by atoms with Crippen molar-refractivity contribution in [3.05, 3.63) is 70.0 Å². The second kappa shape index (κ2) is 6.66. The fraction of sp³-hybridized carbons (Fsp3) is 0.278. The molecule has 3 heterocycles. The first-order valence-corrected chi connectivity index (χ1v) is 9.16. The van der Waals surface area contributed by atoms with Gasteiger partial charge in [0.2, 0.25) is 5.91 Å².